The van der Waals surface area contributed by atoms with Crippen LogP contribution < -0.4 is 5.59 Å². The number of nitriles is 1. The van der Waals surface area contributed by atoms with Crippen molar-refractivity contribution < 1.29 is 0 Å². The van der Waals surface area contributed by atoms with E-state index in [1.807, 2.05) is 13.9 Å². The van der Waals surface area contributed by atoms with Gasteiger partial charge in [0.25, 0.3) is 0 Å². The predicted molar refractivity (Wildman–Crippen MR) is 33.7 cm³/mol. The van der Waals surface area contributed by atoms with Crippen LogP contribution in [0.5, 0.6) is 0 Å². The van der Waals surface area contributed by atoms with Gasteiger partial charge in [0.1, 0.15) is 6.07 Å². The Morgan fingerprint density at radius 3 is 2.75 bits per heavy atom. The topological polar surface area (TPSA) is 39.6 Å². The van der Waals surface area contributed by atoms with Crippen LogP contribution in [-0.4, -0.2) is 12.8 Å². The number of aromatic nitrogens is 1. The van der Waals surface area contributed by atoms with E-state index in [1.165, 1.54) is 0 Å². The summed E-state index contributed by atoms with van der Waals surface area (Å²) in [6.45, 7) is 0. The largest absolute Gasteiger partial charge is 0.373 e. The van der Waals surface area contributed by atoms with Crippen molar-refractivity contribution in [2.75, 3.05) is 0 Å². The fraction of sp³-hybridized carbons (Fsp3) is 0. The number of hydrogen-bond acceptors (Lipinski definition) is 1. The standard InChI is InChI=1S/C5H5BN2/c6-5-1-4(2-7)3-8-5/h1,3,8H,6H2. The third-order valence-electron chi connectivity index (χ3n) is 0.956. The Hall–Kier alpha value is -1.17. The maximum absolute atomic E-state index is 8.28. The monoisotopic (exact) mass is 104 g/mol. The first kappa shape index (κ1) is 4.98. The van der Waals surface area contributed by atoms with Crippen LogP contribution in [0.4, 0.5) is 0 Å². The van der Waals surface area contributed by atoms with Gasteiger partial charge in [0.05, 0.1) is 5.56 Å². The maximum Gasteiger partial charge on any atom is 0.160 e. The first-order valence-electron chi connectivity index (χ1n) is 2.38. The van der Waals surface area contributed by atoms with Gasteiger partial charge in [0.15, 0.2) is 7.85 Å². The minimum absolute atomic E-state index is 0.697. The van der Waals surface area contributed by atoms with Crippen LogP contribution in [0.25, 0.3) is 0 Å². The highest BCUT2D eigenvalue weighted by atomic mass is 14.7. The second kappa shape index (κ2) is 1.75. The fourth-order valence-corrected chi connectivity index (χ4v) is 0.573. The zero-order chi connectivity index (χ0) is 5.98. The molecule has 0 amide bonds. The van der Waals surface area contributed by atoms with E-state index in [0.29, 0.717) is 5.56 Å². The van der Waals surface area contributed by atoms with Gasteiger partial charge < -0.3 is 4.98 Å². The third-order valence-corrected chi connectivity index (χ3v) is 0.956. The van der Waals surface area contributed by atoms with Gasteiger partial charge in [-0.1, -0.05) is 0 Å². The molecule has 3 heteroatoms. The normalized spacial score (nSPS) is 8.38. The lowest BCUT2D eigenvalue weighted by Crippen LogP contribution is -1.99. The van der Waals surface area contributed by atoms with Gasteiger partial charge in [0.2, 0.25) is 0 Å². The third kappa shape index (κ3) is 0.735. The van der Waals surface area contributed by atoms with Crippen molar-refractivity contribution in [3.63, 3.8) is 0 Å². The molecule has 0 radical (unpaired) electrons. The van der Waals surface area contributed by atoms with E-state index in [4.69, 9.17) is 5.26 Å². The van der Waals surface area contributed by atoms with Gasteiger partial charge in [-0.2, -0.15) is 5.26 Å². The highest BCUT2D eigenvalue weighted by molar-refractivity contribution is 6.30. The molecule has 2 nitrogen and oxygen atoms in total. The van der Waals surface area contributed by atoms with Gasteiger partial charge in [-0.05, 0) is 11.7 Å². The molecule has 0 aliphatic carbocycles. The Labute approximate surface area is 48.5 Å². The molecule has 0 aromatic carbocycles. The van der Waals surface area contributed by atoms with Crippen LogP contribution >= 0.6 is 0 Å². The molecule has 0 unspecified atom stereocenters. The van der Waals surface area contributed by atoms with Crippen molar-refractivity contribution in [3.8, 4) is 6.07 Å². The predicted octanol–water partition coefficient (Wildman–Crippen LogP) is -0.855. The molecule has 0 saturated carbocycles. The van der Waals surface area contributed by atoms with Crippen molar-refractivity contribution in [2.24, 2.45) is 0 Å². The number of aromatic amines is 1. The van der Waals surface area contributed by atoms with Crippen LogP contribution in [0, 0.1) is 11.3 Å². The molecule has 8 heavy (non-hydrogen) atoms. The SMILES string of the molecule is Bc1cc(C#N)c[nH]1. The summed E-state index contributed by atoms with van der Waals surface area (Å²) in [5.74, 6) is 0. The number of nitrogens with one attached hydrogen (secondary N) is 1. The summed E-state index contributed by atoms with van der Waals surface area (Å²) in [4.78, 5) is 2.90. The summed E-state index contributed by atoms with van der Waals surface area (Å²) in [6, 6.07) is 3.82. The zero-order valence-electron chi connectivity index (χ0n) is 4.60. The fourth-order valence-electron chi connectivity index (χ4n) is 0.573. The van der Waals surface area contributed by atoms with Gasteiger partial charge in [-0.15, -0.1) is 0 Å². The summed E-state index contributed by atoms with van der Waals surface area (Å²) >= 11 is 0. The van der Waals surface area contributed by atoms with E-state index in [-0.39, 0.29) is 0 Å². The minimum Gasteiger partial charge on any atom is -0.373 e. The molecule has 1 N–H and O–H groups in total. The summed E-state index contributed by atoms with van der Waals surface area (Å²) in [5, 5.41) is 8.28. The maximum atomic E-state index is 8.28. The van der Waals surface area contributed by atoms with Crippen molar-refractivity contribution in [3.05, 3.63) is 17.8 Å². The van der Waals surface area contributed by atoms with Crippen LogP contribution in [0.3, 0.4) is 0 Å². The smallest absolute Gasteiger partial charge is 0.160 e. The summed E-state index contributed by atoms with van der Waals surface area (Å²) in [5.41, 5.74) is 1.73. The highest BCUT2D eigenvalue weighted by Gasteiger charge is 1.88. The highest BCUT2D eigenvalue weighted by Crippen LogP contribution is 1.87. The van der Waals surface area contributed by atoms with Gasteiger partial charge >= 0.3 is 0 Å². The van der Waals surface area contributed by atoms with Gasteiger partial charge in [-0.3, -0.25) is 0 Å². The summed E-state index contributed by atoms with van der Waals surface area (Å²) in [7, 11) is 1.92. The molecular formula is C5H5BN2. The lowest BCUT2D eigenvalue weighted by molar-refractivity contribution is 1.44. The van der Waals surface area contributed by atoms with Crippen molar-refractivity contribution in [1.82, 2.24) is 4.98 Å². The number of hydrogen-bond donors (Lipinski definition) is 1. The Morgan fingerprint density at radius 2 is 2.50 bits per heavy atom. The second-order valence-corrected chi connectivity index (χ2v) is 1.68. The molecule has 1 rings (SSSR count). The van der Waals surface area contributed by atoms with Crippen molar-refractivity contribution in [1.29, 1.82) is 5.26 Å². The summed E-state index contributed by atoms with van der Waals surface area (Å²) < 4.78 is 0. The van der Waals surface area contributed by atoms with E-state index >= 15 is 0 Å². The van der Waals surface area contributed by atoms with Crippen LogP contribution in [0.15, 0.2) is 12.3 Å². The van der Waals surface area contributed by atoms with Gasteiger partial charge in [-0.25, -0.2) is 0 Å². The molecule has 0 aliphatic rings. The lowest BCUT2D eigenvalue weighted by Gasteiger charge is -1.70. The Morgan fingerprint density at radius 1 is 1.75 bits per heavy atom. The first-order valence-corrected chi connectivity index (χ1v) is 2.38. The van der Waals surface area contributed by atoms with E-state index in [1.54, 1.807) is 12.3 Å². The van der Waals surface area contributed by atoms with Crippen molar-refractivity contribution in [2.45, 2.75) is 0 Å². The molecule has 0 bridgehead atoms. The molecule has 0 atom stereocenters. The van der Waals surface area contributed by atoms with Gasteiger partial charge in [0, 0.05) is 6.20 Å². The molecule has 0 aliphatic heterocycles. The molecule has 38 valence electrons. The van der Waals surface area contributed by atoms with E-state index in [9.17, 15) is 0 Å². The van der Waals surface area contributed by atoms with E-state index in [0.717, 1.165) is 5.59 Å². The van der Waals surface area contributed by atoms with Crippen LogP contribution in [0.1, 0.15) is 5.56 Å². The average molecular weight is 104 g/mol. The zero-order valence-corrected chi connectivity index (χ0v) is 4.60. The summed E-state index contributed by atoms with van der Waals surface area (Å²) in [6.07, 6.45) is 1.69. The molecule has 0 spiro atoms. The van der Waals surface area contributed by atoms with Crippen LogP contribution in [0.2, 0.25) is 0 Å². The first-order chi connectivity index (χ1) is 3.83. The van der Waals surface area contributed by atoms with E-state index in [2.05, 4.69) is 4.98 Å². The number of rotatable bonds is 0. The molecular weight excluding hydrogens is 98.9 g/mol. The molecule has 1 aromatic rings. The number of nitrogens with zero attached hydrogens (tertiary/aromatic N) is 1. The Bertz CT molecular complexity index is 221. The molecule has 0 fully saturated rings. The number of H-pyrrole nitrogens is 1. The van der Waals surface area contributed by atoms with Crippen LogP contribution in [-0.2, 0) is 0 Å². The molecule has 0 saturated heterocycles. The Balaban J connectivity index is 3.05. The van der Waals surface area contributed by atoms with Crippen molar-refractivity contribution >= 4 is 13.4 Å². The second-order valence-electron chi connectivity index (χ2n) is 1.68. The van der Waals surface area contributed by atoms with E-state index < -0.39 is 0 Å². The average Bonchev–Trinajstić information content (AvgIpc) is 2.14. The lowest BCUT2D eigenvalue weighted by atomic mass is 10.1. The Kier molecular flexibility index (Phi) is 1.09. The molecule has 1 aromatic heterocycles. The minimum atomic E-state index is 0.697. The molecule has 1 heterocycles. The quantitative estimate of drug-likeness (QED) is 0.427.